The van der Waals surface area contributed by atoms with Gasteiger partial charge in [0.25, 0.3) is 0 Å². The van der Waals surface area contributed by atoms with Crippen molar-refractivity contribution in [3.8, 4) is 16.9 Å². The van der Waals surface area contributed by atoms with Crippen molar-refractivity contribution >= 4 is 21.9 Å². The Morgan fingerprint density at radius 1 is 0.946 bits per heavy atom. The number of benzene rings is 3. The molecule has 2 N–H and O–H groups in total. The first kappa shape index (κ1) is 26.4. The quantitative estimate of drug-likeness (QED) is 0.444. The molecule has 1 aliphatic heterocycles. The average molecular weight is 523 g/mol. The van der Waals surface area contributed by atoms with Crippen molar-refractivity contribution in [1.29, 1.82) is 0 Å². The Morgan fingerprint density at radius 2 is 1.51 bits per heavy atom. The SMILES string of the molecule is COc1ccc(-c2ccc(S(=O)(=O)NC(C(=O)O)C3CCN(C(=O)Cc4ccccc4)CC3)cc2)cc1. The lowest BCUT2D eigenvalue weighted by Gasteiger charge is -2.34. The summed E-state index contributed by atoms with van der Waals surface area (Å²) in [4.78, 5) is 26.4. The van der Waals surface area contributed by atoms with Crippen LogP contribution in [0.3, 0.4) is 0 Å². The maximum absolute atomic E-state index is 13.0. The predicted molar refractivity (Wildman–Crippen MR) is 140 cm³/mol. The van der Waals surface area contributed by atoms with E-state index in [0.717, 1.165) is 22.4 Å². The first-order valence-electron chi connectivity index (χ1n) is 12.1. The molecule has 0 aliphatic carbocycles. The van der Waals surface area contributed by atoms with Crippen molar-refractivity contribution in [2.24, 2.45) is 5.92 Å². The zero-order valence-corrected chi connectivity index (χ0v) is 21.4. The normalized spacial score (nSPS) is 15.2. The molecule has 0 saturated carbocycles. The number of sulfonamides is 1. The molecule has 1 amide bonds. The van der Waals surface area contributed by atoms with Gasteiger partial charge in [0.05, 0.1) is 18.4 Å². The summed E-state index contributed by atoms with van der Waals surface area (Å²) in [6.45, 7) is 0.775. The Hall–Kier alpha value is -3.69. The van der Waals surface area contributed by atoms with Crippen molar-refractivity contribution < 1.29 is 27.9 Å². The van der Waals surface area contributed by atoms with Gasteiger partial charge in [-0.2, -0.15) is 4.72 Å². The molecule has 37 heavy (non-hydrogen) atoms. The van der Waals surface area contributed by atoms with Crippen LogP contribution in [0.1, 0.15) is 18.4 Å². The molecule has 0 spiro atoms. The van der Waals surface area contributed by atoms with E-state index in [0.29, 0.717) is 25.9 Å². The molecule has 194 valence electrons. The van der Waals surface area contributed by atoms with Crippen LogP contribution in [0, 0.1) is 5.92 Å². The zero-order valence-electron chi connectivity index (χ0n) is 20.5. The first-order chi connectivity index (χ1) is 17.8. The van der Waals surface area contributed by atoms with Gasteiger partial charge in [0.15, 0.2) is 0 Å². The number of ether oxygens (including phenoxy) is 1. The van der Waals surface area contributed by atoms with E-state index in [9.17, 15) is 23.1 Å². The number of aliphatic carboxylic acids is 1. The zero-order chi connectivity index (χ0) is 26.4. The minimum absolute atomic E-state index is 0.00788. The van der Waals surface area contributed by atoms with Gasteiger partial charge in [-0.3, -0.25) is 9.59 Å². The van der Waals surface area contributed by atoms with E-state index >= 15 is 0 Å². The first-order valence-corrected chi connectivity index (χ1v) is 13.6. The monoisotopic (exact) mass is 522 g/mol. The highest BCUT2D eigenvalue weighted by Gasteiger charge is 2.35. The highest BCUT2D eigenvalue weighted by Crippen LogP contribution is 2.26. The van der Waals surface area contributed by atoms with Crippen molar-refractivity contribution in [3.63, 3.8) is 0 Å². The Balaban J connectivity index is 1.39. The smallest absolute Gasteiger partial charge is 0.322 e. The third kappa shape index (κ3) is 6.55. The van der Waals surface area contributed by atoms with Gasteiger partial charge in [0, 0.05) is 13.1 Å². The van der Waals surface area contributed by atoms with Crippen molar-refractivity contribution in [2.45, 2.75) is 30.2 Å². The van der Waals surface area contributed by atoms with E-state index in [2.05, 4.69) is 4.72 Å². The van der Waals surface area contributed by atoms with Crippen LogP contribution in [-0.2, 0) is 26.0 Å². The molecule has 1 heterocycles. The molecular formula is C28H30N2O6S. The second-order valence-corrected chi connectivity index (χ2v) is 10.8. The summed E-state index contributed by atoms with van der Waals surface area (Å²) >= 11 is 0. The summed E-state index contributed by atoms with van der Waals surface area (Å²) in [6, 6.07) is 21.8. The third-order valence-electron chi connectivity index (χ3n) is 6.70. The average Bonchev–Trinajstić information content (AvgIpc) is 2.92. The van der Waals surface area contributed by atoms with Gasteiger partial charge < -0.3 is 14.7 Å². The third-order valence-corrected chi connectivity index (χ3v) is 8.16. The van der Waals surface area contributed by atoms with Gasteiger partial charge in [0.2, 0.25) is 15.9 Å². The number of piperidine rings is 1. The van der Waals surface area contributed by atoms with E-state index in [1.54, 1.807) is 24.1 Å². The Bertz CT molecular complexity index is 1320. The fourth-order valence-electron chi connectivity index (χ4n) is 4.56. The number of hydrogen-bond donors (Lipinski definition) is 2. The number of amides is 1. The number of rotatable bonds is 9. The summed E-state index contributed by atoms with van der Waals surface area (Å²) < 4.78 is 33.6. The molecule has 0 aromatic heterocycles. The van der Waals surface area contributed by atoms with Crippen molar-refractivity contribution in [2.75, 3.05) is 20.2 Å². The molecule has 1 atom stereocenters. The number of carboxylic acids is 1. The molecule has 1 saturated heterocycles. The molecule has 8 nitrogen and oxygen atoms in total. The van der Waals surface area contributed by atoms with E-state index in [1.807, 2.05) is 54.6 Å². The standard InChI is InChI=1S/C28H30N2O6S/c1-36-24-11-7-21(8-12-24)22-9-13-25(14-10-22)37(34,35)29-27(28(32)33)23-15-17-30(18-16-23)26(31)19-20-5-3-2-4-6-20/h2-14,23,27,29H,15-19H2,1H3,(H,32,33). The lowest BCUT2D eigenvalue weighted by Crippen LogP contribution is -2.50. The summed E-state index contributed by atoms with van der Waals surface area (Å²) in [5, 5.41) is 9.82. The maximum Gasteiger partial charge on any atom is 0.322 e. The van der Waals surface area contributed by atoms with Crippen LogP contribution < -0.4 is 9.46 Å². The van der Waals surface area contributed by atoms with Crippen molar-refractivity contribution in [1.82, 2.24) is 9.62 Å². The number of hydrogen-bond acceptors (Lipinski definition) is 5. The van der Waals surface area contributed by atoms with Gasteiger partial charge in [-0.25, -0.2) is 8.42 Å². The number of methoxy groups -OCH3 is 1. The van der Waals surface area contributed by atoms with Crippen LogP contribution in [0.2, 0.25) is 0 Å². The molecule has 3 aromatic carbocycles. The van der Waals surface area contributed by atoms with Gasteiger partial charge in [-0.05, 0) is 59.7 Å². The molecule has 3 aromatic rings. The second-order valence-electron chi connectivity index (χ2n) is 9.07. The van der Waals surface area contributed by atoms with Crippen LogP contribution in [0.15, 0.2) is 83.8 Å². The summed E-state index contributed by atoms with van der Waals surface area (Å²) in [7, 11) is -2.48. The number of likely N-dealkylation sites (tertiary alicyclic amines) is 1. The number of carbonyl (C=O) groups is 2. The maximum atomic E-state index is 13.0. The van der Waals surface area contributed by atoms with Crippen LogP contribution in [0.25, 0.3) is 11.1 Å². The lowest BCUT2D eigenvalue weighted by molar-refractivity contribution is -0.141. The van der Waals surface area contributed by atoms with Crippen LogP contribution in [0.4, 0.5) is 0 Å². The number of carbonyl (C=O) groups excluding carboxylic acids is 1. The van der Waals surface area contributed by atoms with E-state index < -0.39 is 28.0 Å². The van der Waals surface area contributed by atoms with Gasteiger partial charge in [0.1, 0.15) is 11.8 Å². The van der Waals surface area contributed by atoms with Crippen molar-refractivity contribution in [3.05, 3.63) is 84.4 Å². The molecule has 4 rings (SSSR count). The minimum atomic E-state index is -4.07. The molecule has 1 aliphatic rings. The van der Waals surface area contributed by atoms with Crippen LogP contribution in [-0.4, -0.2) is 56.5 Å². The van der Waals surface area contributed by atoms with E-state index in [1.165, 1.54) is 12.1 Å². The summed E-state index contributed by atoms with van der Waals surface area (Å²) in [6.07, 6.45) is 1.08. The minimum Gasteiger partial charge on any atom is -0.497 e. The molecule has 9 heteroatoms. The van der Waals surface area contributed by atoms with E-state index in [4.69, 9.17) is 4.74 Å². The molecule has 0 bridgehead atoms. The van der Waals surface area contributed by atoms with Crippen LogP contribution >= 0.6 is 0 Å². The highest BCUT2D eigenvalue weighted by molar-refractivity contribution is 7.89. The Morgan fingerprint density at radius 3 is 2.05 bits per heavy atom. The van der Waals surface area contributed by atoms with Gasteiger partial charge in [-0.1, -0.05) is 54.6 Å². The number of nitrogens with one attached hydrogen (secondary N) is 1. The number of nitrogens with zero attached hydrogens (tertiary/aromatic N) is 1. The molecule has 0 radical (unpaired) electrons. The van der Waals surface area contributed by atoms with Gasteiger partial charge >= 0.3 is 5.97 Å². The fourth-order valence-corrected chi connectivity index (χ4v) is 5.82. The van der Waals surface area contributed by atoms with E-state index in [-0.39, 0.29) is 17.2 Å². The summed E-state index contributed by atoms with van der Waals surface area (Å²) in [5.41, 5.74) is 2.64. The van der Waals surface area contributed by atoms with Crippen LogP contribution in [0.5, 0.6) is 5.75 Å². The fraction of sp³-hybridized carbons (Fsp3) is 0.286. The topological polar surface area (TPSA) is 113 Å². The predicted octanol–water partition coefficient (Wildman–Crippen LogP) is 3.58. The van der Waals surface area contributed by atoms with Gasteiger partial charge in [-0.15, -0.1) is 0 Å². The second kappa shape index (κ2) is 11.6. The molecular weight excluding hydrogens is 492 g/mol. The lowest BCUT2D eigenvalue weighted by atomic mass is 9.89. The summed E-state index contributed by atoms with van der Waals surface area (Å²) in [5.74, 6) is -0.952. The Labute approximate surface area is 216 Å². The molecule has 1 fully saturated rings. The molecule has 1 unspecified atom stereocenters. The number of carboxylic acid groups (broad SMARTS) is 1. The largest absolute Gasteiger partial charge is 0.497 e. The highest BCUT2D eigenvalue weighted by atomic mass is 32.2. The Kier molecular flexibility index (Phi) is 8.25.